The number of hydrogen-bond donors (Lipinski definition) is 2. The Labute approximate surface area is 104 Å². The van der Waals surface area contributed by atoms with Crippen LogP contribution in [0.2, 0.25) is 0 Å². The average Bonchev–Trinajstić information content (AvgIpc) is 2.14. The lowest BCUT2D eigenvalue weighted by Crippen LogP contribution is -2.52. The van der Waals surface area contributed by atoms with Crippen LogP contribution in [0.15, 0.2) is 0 Å². The van der Waals surface area contributed by atoms with Gasteiger partial charge < -0.3 is 10.5 Å². The molecule has 3 N–H and O–H groups in total. The summed E-state index contributed by atoms with van der Waals surface area (Å²) in [5, 5.41) is 0. The van der Waals surface area contributed by atoms with Crippen molar-refractivity contribution in [3.63, 3.8) is 0 Å². The van der Waals surface area contributed by atoms with Gasteiger partial charge in [-0.05, 0) is 27.2 Å². The van der Waals surface area contributed by atoms with Gasteiger partial charge in [-0.2, -0.15) is 12.7 Å². The van der Waals surface area contributed by atoms with Crippen molar-refractivity contribution < 1.29 is 13.2 Å². The van der Waals surface area contributed by atoms with Gasteiger partial charge in [-0.1, -0.05) is 0 Å². The summed E-state index contributed by atoms with van der Waals surface area (Å²) in [7, 11) is -3.40. The highest BCUT2D eigenvalue weighted by atomic mass is 32.2. The zero-order valence-corrected chi connectivity index (χ0v) is 11.5. The fourth-order valence-electron chi connectivity index (χ4n) is 1.83. The van der Waals surface area contributed by atoms with E-state index in [1.807, 2.05) is 20.8 Å². The van der Waals surface area contributed by atoms with Crippen LogP contribution in [0.4, 0.5) is 0 Å². The van der Waals surface area contributed by atoms with Crippen LogP contribution in [-0.2, 0) is 14.9 Å². The van der Waals surface area contributed by atoms with Crippen molar-refractivity contribution in [1.29, 1.82) is 0 Å². The summed E-state index contributed by atoms with van der Waals surface area (Å²) >= 11 is 0. The highest BCUT2D eigenvalue weighted by Gasteiger charge is 2.30. The van der Waals surface area contributed by atoms with E-state index in [1.54, 1.807) is 0 Å². The third kappa shape index (κ3) is 4.89. The summed E-state index contributed by atoms with van der Waals surface area (Å²) in [6.45, 7) is 6.78. The number of rotatable bonds is 5. The Balaban J connectivity index is 2.51. The molecule has 0 aromatic rings. The zero-order valence-electron chi connectivity index (χ0n) is 10.7. The smallest absolute Gasteiger partial charge is 0.279 e. The van der Waals surface area contributed by atoms with Crippen LogP contribution in [0.5, 0.6) is 0 Å². The first-order chi connectivity index (χ1) is 7.81. The Kier molecular flexibility index (Phi) is 5.33. The molecule has 17 heavy (non-hydrogen) atoms. The third-order valence-electron chi connectivity index (χ3n) is 2.61. The minimum Gasteiger partial charge on any atom is -0.373 e. The van der Waals surface area contributed by atoms with Crippen molar-refractivity contribution in [3.05, 3.63) is 0 Å². The molecule has 1 heterocycles. The van der Waals surface area contributed by atoms with E-state index in [2.05, 4.69) is 4.72 Å². The quantitative estimate of drug-likeness (QED) is 0.712. The number of morpholine rings is 1. The van der Waals surface area contributed by atoms with Gasteiger partial charge in [0.05, 0.1) is 12.2 Å². The van der Waals surface area contributed by atoms with Crippen molar-refractivity contribution in [2.24, 2.45) is 5.73 Å². The molecular weight excluding hydrogens is 242 g/mol. The van der Waals surface area contributed by atoms with Gasteiger partial charge >= 0.3 is 0 Å². The molecule has 7 heteroatoms. The Morgan fingerprint density at radius 3 is 2.41 bits per heavy atom. The predicted molar refractivity (Wildman–Crippen MR) is 66.8 cm³/mol. The minimum absolute atomic E-state index is 0.000219. The molecule has 1 aliphatic heterocycles. The maximum absolute atomic E-state index is 12.0. The standard InChI is InChI=1S/C10H23N3O3S/c1-8(11)4-5-12-17(14,15)13-6-9(2)16-10(3)7-13/h8-10,12H,4-7,11H2,1-3H3. The lowest BCUT2D eigenvalue weighted by molar-refractivity contribution is -0.0443. The van der Waals surface area contributed by atoms with Crippen molar-refractivity contribution in [3.8, 4) is 0 Å². The highest BCUT2D eigenvalue weighted by molar-refractivity contribution is 7.87. The van der Waals surface area contributed by atoms with Crippen molar-refractivity contribution >= 4 is 10.2 Å². The molecule has 0 saturated carbocycles. The second kappa shape index (κ2) is 6.10. The first-order valence-corrected chi connectivity index (χ1v) is 7.41. The lowest BCUT2D eigenvalue weighted by atomic mass is 10.3. The molecule has 0 amide bonds. The molecule has 1 fully saturated rings. The molecule has 0 radical (unpaired) electrons. The van der Waals surface area contributed by atoms with E-state index in [4.69, 9.17) is 10.5 Å². The van der Waals surface area contributed by atoms with Crippen LogP contribution in [0.3, 0.4) is 0 Å². The van der Waals surface area contributed by atoms with Gasteiger partial charge in [-0.15, -0.1) is 0 Å². The highest BCUT2D eigenvalue weighted by Crippen LogP contribution is 2.13. The molecule has 0 spiro atoms. The van der Waals surface area contributed by atoms with Gasteiger partial charge in [0.1, 0.15) is 0 Å². The number of nitrogens with one attached hydrogen (secondary N) is 1. The Morgan fingerprint density at radius 2 is 1.94 bits per heavy atom. The Morgan fingerprint density at radius 1 is 1.41 bits per heavy atom. The molecule has 0 aromatic heterocycles. The summed E-state index contributed by atoms with van der Waals surface area (Å²) < 4.78 is 33.5. The first-order valence-electron chi connectivity index (χ1n) is 5.97. The fraction of sp³-hybridized carbons (Fsp3) is 1.00. The molecule has 1 saturated heterocycles. The van der Waals surface area contributed by atoms with Crippen molar-refractivity contribution in [2.75, 3.05) is 19.6 Å². The molecule has 0 bridgehead atoms. The minimum atomic E-state index is -3.40. The van der Waals surface area contributed by atoms with Crippen LogP contribution in [0, 0.1) is 0 Å². The van der Waals surface area contributed by atoms with Gasteiger partial charge in [0.2, 0.25) is 0 Å². The summed E-state index contributed by atoms with van der Waals surface area (Å²) in [5.74, 6) is 0. The van der Waals surface area contributed by atoms with Gasteiger partial charge in [-0.25, -0.2) is 4.72 Å². The molecule has 0 aliphatic carbocycles. The lowest BCUT2D eigenvalue weighted by Gasteiger charge is -2.34. The Bertz CT molecular complexity index is 322. The van der Waals surface area contributed by atoms with E-state index in [9.17, 15) is 8.42 Å². The SMILES string of the molecule is CC(N)CCNS(=O)(=O)N1CC(C)OC(C)C1. The van der Waals surface area contributed by atoms with E-state index in [-0.39, 0.29) is 18.2 Å². The monoisotopic (exact) mass is 265 g/mol. The van der Waals surface area contributed by atoms with E-state index in [1.165, 1.54) is 4.31 Å². The fourth-order valence-corrected chi connectivity index (χ4v) is 3.20. The number of hydrogen-bond acceptors (Lipinski definition) is 4. The maximum atomic E-state index is 12.0. The number of ether oxygens (including phenoxy) is 1. The van der Waals surface area contributed by atoms with Crippen LogP contribution in [-0.4, -0.2) is 50.6 Å². The number of nitrogens with two attached hydrogens (primary N) is 1. The normalized spacial score (nSPS) is 29.2. The maximum Gasteiger partial charge on any atom is 0.279 e. The summed E-state index contributed by atoms with van der Waals surface area (Å²) in [6, 6.07) is 0.000219. The molecule has 3 atom stereocenters. The molecule has 0 aromatic carbocycles. The van der Waals surface area contributed by atoms with Gasteiger partial charge in [0.15, 0.2) is 0 Å². The molecule has 6 nitrogen and oxygen atoms in total. The third-order valence-corrected chi connectivity index (χ3v) is 4.16. The zero-order chi connectivity index (χ0) is 13.1. The van der Waals surface area contributed by atoms with Crippen LogP contribution in [0.25, 0.3) is 0 Å². The molecule has 102 valence electrons. The average molecular weight is 265 g/mol. The van der Waals surface area contributed by atoms with Crippen LogP contribution in [0.1, 0.15) is 27.2 Å². The summed E-state index contributed by atoms with van der Waals surface area (Å²) in [4.78, 5) is 0. The summed E-state index contributed by atoms with van der Waals surface area (Å²) in [6.07, 6.45) is 0.502. The largest absolute Gasteiger partial charge is 0.373 e. The molecule has 1 rings (SSSR count). The van der Waals surface area contributed by atoms with Crippen LogP contribution < -0.4 is 10.5 Å². The van der Waals surface area contributed by atoms with E-state index in [0.29, 0.717) is 26.1 Å². The molecular formula is C10H23N3O3S. The first kappa shape index (κ1) is 14.8. The predicted octanol–water partition coefficient (Wildman–Crippen LogP) is -0.333. The second-order valence-corrected chi connectivity index (χ2v) is 6.49. The molecule has 3 unspecified atom stereocenters. The Hall–Kier alpha value is -0.210. The van der Waals surface area contributed by atoms with E-state index >= 15 is 0 Å². The van der Waals surface area contributed by atoms with Crippen LogP contribution >= 0.6 is 0 Å². The van der Waals surface area contributed by atoms with Gasteiger partial charge in [-0.3, -0.25) is 0 Å². The second-order valence-electron chi connectivity index (χ2n) is 4.74. The van der Waals surface area contributed by atoms with Crippen molar-refractivity contribution in [2.45, 2.75) is 45.4 Å². The van der Waals surface area contributed by atoms with Gasteiger partial charge in [0, 0.05) is 25.7 Å². The van der Waals surface area contributed by atoms with E-state index in [0.717, 1.165) is 0 Å². The van der Waals surface area contributed by atoms with E-state index < -0.39 is 10.2 Å². The topological polar surface area (TPSA) is 84.7 Å². The summed E-state index contributed by atoms with van der Waals surface area (Å²) in [5.41, 5.74) is 5.58. The molecule has 1 aliphatic rings. The van der Waals surface area contributed by atoms with Crippen molar-refractivity contribution in [1.82, 2.24) is 9.03 Å². The number of nitrogens with zero attached hydrogens (tertiary/aromatic N) is 1. The van der Waals surface area contributed by atoms with Gasteiger partial charge in [0.25, 0.3) is 10.2 Å².